The highest BCUT2D eigenvalue weighted by molar-refractivity contribution is 5.74. The van der Waals surface area contributed by atoms with Crippen molar-refractivity contribution in [1.82, 2.24) is 9.80 Å². The minimum atomic E-state index is -0.0480. The third-order valence-electron chi connectivity index (χ3n) is 2.80. The van der Waals surface area contributed by atoms with E-state index in [0.29, 0.717) is 52.6 Å². The van der Waals surface area contributed by atoms with Crippen LogP contribution in [-0.2, 0) is 18.9 Å². The van der Waals surface area contributed by atoms with Crippen LogP contribution in [0.25, 0.3) is 0 Å². The van der Waals surface area contributed by atoms with E-state index in [-0.39, 0.29) is 6.03 Å². The first kappa shape index (κ1) is 19.1. The number of hydrogen-bond donors (Lipinski definition) is 0. The fourth-order valence-electron chi connectivity index (χ4n) is 1.61. The summed E-state index contributed by atoms with van der Waals surface area (Å²) in [6.07, 6.45) is 0. The maximum Gasteiger partial charge on any atom is 0.320 e. The van der Waals surface area contributed by atoms with Gasteiger partial charge in [0.2, 0.25) is 0 Å². The highest BCUT2D eigenvalue weighted by atomic mass is 16.5. The number of ether oxygens (including phenoxy) is 4. The molecule has 0 saturated heterocycles. The predicted octanol–water partition coefficient (Wildman–Crippen LogP) is 0.296. The monoisotopic (exact) mass is 292 g/mol. The first-order chi connectivity index (χ1) is 9.71. The Kier molecular flexibility index (Phi) is 12.5. The second kappa shape index (κ2) is 13.1. The van der Waals surface area contributed by atoms with Crippen LogP contribution >= 0.6 is 0 Å². The number of carbonyl (C=O) groups is 1. The maximum atomic E-state index is 12.5. The van der Waals surface area contributed by atoms with E-state index in [1.54, 1.807) is 38.2 Å². The fraction of sp³-hybridized carbons (Fsp3) is 0.923. The molecule has 0 radical (unpaired) electrons. The van der Waals surface area contributed by atoms with Gasteiger partial charge in [0.15, 0.2) is 0 Å². The third-order valence-corrected chi connectivity index (χ3v) is 2.80. The summed E-state index contributed by atoms with van der Waals surface area (Å²) in [6.45, 7) is 4.14. The van der Waals surface area contributed by atoms with Crippen LogP contribution in [-0.4, -0.2) is 96.9 Å². The summed E-state index contributed by atoms with van der Waals surface area (Å²) in [5.74, 6) is 0. The van der Waals surface area contributed by atoms with E-state index < -0.39 is 0 Å². The first-order valence-electron chi connectivity index (χ1n) is 6.70. The van der Waals surface area contributed by atoms with Gasteiger partial charge >= 0.3 is 6.03 Å². The lowest BCUT2D eigenvalue weighted by Gasteiger charge is -2.30. The molecule has 0 rings (SSSR count). The summed E-state index contributed by atoms with van der Waals surface area (Å²) < 4.78 is 20.2. The summed E-state index contributed by atoms with van der Waals surface area (Å²) in [5, 5.41) is 0. The lowest BCUT2D eigenvalue weighted by molar-refractivity contribution is 0.0836. The number of amides is 2. The number of rotatable bonds is 12. The van der Waals surface area contributed by atoms with Crippen LogP contribution in [0.1, 0.15) is 0 Å². The summed E-state index contributed by atoms with van der Waals surface area (Å²) in [6, 6.07) is -0.0480. The Labute approximate surface area is 121 Å². The molecule has 0 spiro atoms. The average molecular weight is 292 g/mol. The van der Waals surface area contributed by atoms with Gasteiger partial charge in [0, 0.05) is 54.6 Å². The second-order valence-corrected chi connectivity index (χ2v) is 4.23. The van der Waals surface area contributed by atoms with Crippen molar-refractivity contribution in [3.63, 3.8) is 0 Å². The van der Waals surface area contributed by atoms with Gasteiger partial charge in [0.25, 0.3) is 0 Å². The molecule has 0 unspecified atom stereocenters. The Balaban J connectivity index is 4.54. The molecule has 0 fully saturated rings. The van der Waals surface area contributed by atoms with Crippen molar-refractivity contribution in [2.24, 2.45) is 0 Å². The van der Waals surface area contributed by atoms with Crippen LogP contribution in [0.4, 0.5) is 4.79 Å². The third kappa shape index (κ3) is 8.31. The van der Waals surface area contributed by atoms with Gasteiger partial charge in [-0.1, -0.05) is 0 Å². The smallest absolute Gasteiger partial charge is 0.320 e. The largest absolute Gasteiger partial charge is 0.383 e. The van der Waals surface area contributed by atoms with Gasteiger partial charge in [0.1, 0.15) is 0 Å². The summed E-state index contributed by atoms with van der Waals surface area (Å²) >= 11 is 0. The van der Waals surface area contributed by atoms with E-state index in [0.717, 1.165) is 0 Å². The lowest BCUT2D eigenvalue weighted by atomic mass is 10.4. The van der Waals surface area contributed by atoms with E-state index in [1.807, 2.05) is 0 Å². The quantitative estimate of drug-likeness (QED) is 0.517. The average Bonchev–Trinajstić information content (AvgIpc) is 2.47. The molecule has 2 amide bonds. The molecule has 0 atom stereocenters. The van der Waals surface area contributed by atoms with Crippen LogP contribution in [0.3, 0.4) is 0 Å². The molecule has 0 saturated carbocycles. The Morgan fingerprint density at radius 3 is 1.10 bits per heavy atom. The molecular formula is C13H28N2O5. The molecule has 120 valence electrons. The van der Waals surface area contributed by atoms with Crippen molar-refractivity contribution in [2.75, 3.05) is 81.0 Å². The summed E-state index contributed by atoms with van der Waals surface area (Å²) in [4.78, 5) is 15.9. The van der Waals surface area contributed by atoms with Gasteiger partial charge in [-0.3, -0.25) is 0 Å². The zero-order valence-corrected chi connectivity index (χ0v) is 13.1. The Morgan fingerprint density at radius 1 is 0.650 bits per heavy atom. The van der Waals surface area contributed by atoms with E-state index in [2.05, 4.69) is 0 Å². The fourth-order valence-corrected chi connectivity index (χ4v) is 1.61. The molecule has 0 aliphatic rings. The first-order valence-corrected chi connectivity index (χ1v) is 6.70. The van der Waals surface area contributed by atoms with Crippen LogP contribution in [0.15, 0.2) is 0 Å². The van der Waals surface area contributed by atoms with E-state index in [1.165, 1.54) is 0 Å². The van der Waals surface area contributed by atoms with Crippen molar-refractivity contribution in [3.05, 3.63) is 0 Å². The van der Waals surface area contributed by atoms with Gasteiger partial charge in [-0.15, -0.1) is 0 Å². The molecule has 0 aromatic carbocycles. The van der Waals surface area contributed by atoms with E-state index in [9.17, 15) is 4.79 Å². The van der Waals surface area contributed by atoms with Crippen LogP contribution in [0, 0.1) is 0 Å². The summed E-state index contributed by atoms with van der Waals surface area (Å²) in [5.41, 5.74) is 0. The van der Waals surface area contributed by atoms with Gasteiger partial charge in [-0.2, -0.15) is 0 Å². The highest BCUT2D eigenvalue weighted by Crippen LogP contribution is 2.00. The molecule has 7 nitrogen and oxygen atoms in total. The van der Waals surface area contributed by atoms with Crippen LogP contribution in [0.2, 0.25) is 0 Å². The molecule has 0 N–H and O–H groups in total. The number of hydrogen-bond acceptors (Lipinski definition) is 5. The minimum Gasteiger partial charge on any atom is -0.383 e. The van der Waals surface area contributed by atoms with Crippen molar-refractivity contribution < 1.29 is 23.7 Å². The molecule has 0 aliphatic heterocycles. The molecule has 0 heterocycles. The zero-order chi connectivity index (χ0) is 15.2. The molecule has 0 aromatic heterocycles. The van der Waals surface area contributed by atoms with Gasteiger partial charge in [-0.25, -0.2) is 4.79 Å². The highest BCUT2D eigenvalue weighted by Gasteiger charge is 2.20. The molecule has 0 bridgehead atoms. The van der Waals surface area contributed by atoms with Crippen molar-refractivity contribution in [2.45, 2.75) is 0 Å². The SMILES string of the molecule is COCCN(CCOC)C(=O)N(CCOC)CCOC. The molecular weight excluding hydrogens is 264 g/mol. The van der Waals surface area contributed by atoms with Crippen molar-refractivity contribution >= 4 is 6.03 Å². The van der Waals surface area contributed by atoms with Gasteiger partial charge in [-0.05, 0) is 0 Å². The summed E-state index contributed by atoms with van der Waals surface area (Å²) in [7, 11) is 6.47. The number of carbonyl (C=O) groups excluding carboxylic acids is 1. The predicted molar refractivity (Wildman–Crippen MR) is 76.0 cm³/mol. The minimum absolute atomic E-state index is 0.0480. The zero-order valence-electron chi connectivity index (χ0n) is 13.1. The molecule has 0 aliphatic carbocycles. The number of nitrogens with zero attached hydrogens (tertiary/aromatic N) is 2. The molecule has 20 heavy (non-hydrogen) atoms. The second-order valence-electron chi connectivity index (χ2n) is 4.23. The van der Waals surface area contributed by atoms with E-state index >= 15 is 0 Å². The van der Waals surface area contributed by atoms with Gasteiger partial charge < -0.3 is 28.7 Å². The van der Waals surface area contributed by atoms with E-state index in [4.69, 9.17) is 18.9 Å². The Bertz CT molecular complexity index is 203. The topological polar surface area (TPSA) is 60.5 Å². The lowest BCUT2D eigenvalue weighted by Crippen LogP contribution is -2.48. The maximum absolute atomic E-state index is 12.5. The number of urea groups is 1. The van der Waals surface area contributed by atoms with Crippen LogP contribution in [0.5, 0.6) is 0 Å². The molecule has 0 aromatic rings. The standard InChI is InChI=1S/C13H28N2O5/c1-17-9-5-14(6-10-18-2)13(16)15(7-11-19-3)8-12-20-4/h5-12H2,1-4H3. The van der Waals surface area contributed by atoms with Crippen molar-refractivity contribution in [1.29, 1.82) is 0 Å². The van der Waals surface area contributed by atoms with Crippen molar-refractivity contribution in [3.8, 4) is 0 Å². The Hall–Kier alpha value is -0.890. The molecule has 7 heteroatoms. The number of methoxy groups -OCH3 is 4. The van der Waals surface area contributed by atoms with Crippen LogP contribution < -0.4 is 0 Å². The normalized spacial score (nSPS) is 10.6. The Morgan fingerprint density at radius 2 is 0.900 bits per heavy atom. The van der Waals surface area contributed by atoms with Gasteiger partial charge in [0.05, 0.1) is 26.4 Å².